The predicted molar refractivity (Wildman–Crippen MR) is 112 cm³/mol. The number of aliphatic carboxylic acids is 1. The van der Waals surface area contributed by atoms with E-state index in [1.54, 1.807) is 11.4 Å². The number of methoxy groups -OCH3 is 1. The lowest BCUT2D eigenvalue weighted by Gasteiger charge is -2.09. The number of carboxylic acid groups (broad SMARTS) is 2. The topological polar surface area (TPSA) is 122 Å². The van der Waals surface area contributed by atoms with Crippen LogP contribution in [0.1, 0.15) is 15.2 Å². The fourth-order valence-electron chi connectivity index (χ4n) is 2.40. The second-order valence-corrected chi connectivity index (χ2v) is 7.83. The van der Waals surface area contributed by atoms with E-state index in [-0.39, 0.29) is 15.1 Å². The molecule has 0 saturated heterocycles. The minimum Gasteiger partial charge on any atom is -0.496 e. The number of rotatable bonds is 9. The number of carbonyl (C=O) groups excluding carboxylic acids is 1. The van der Waals surface area contributed by atoms with E-state index < -0.39 is 37.2 Å². The van der Waals surface area contributed by atoms with Crippen LogP contribution < -0.4 is 14.8 Å². The molecule has 0 unspecified atom stereocenters. The number of amides is 1. The van der Waals surface area contributed by atoms with Crippen LogP contribution in [0, 0.1) is 0 Å². The van der Waals surface area contributed by atoms with Gasteiger partial charge in [-0.05, 0) is 45.8 Å². The summed E-state index contributed by atoms with van der Waals surface area (Å²) >= 11 is 4.05. The summed E-state index contributed by atoms with van der Waals surface area (Å²) in [6, 6.07) is 4.63. The average molecular weight is 538 g/mol. The van der Waals surface area contributed by atoms with E-state index in [2.05, 4.69) is 15.9 Å². The van der Waals surface area contributed by atoms with Crippen LogP contribution in [0.5, 0.6) is 11.5 Å². The van der Waals surface area contributed by atoms with Crippen LogP contribution in [0.2, 0.25) is 0 Å². The fourth-order valence-corrected chi connectivity index (χ4v) is 4.29. The van der Waals surface area contributed by atoms with Gasteiger partial charge in [-0.2, -0.15) is 13.2 Å². The minimum atomic E-state index is -4.55. The molecule has 1 aromatic heterocycles. The van der Waals surface area contributed by atoms with Crippen molar-refractivity contribution >= 4 is 51.2 Å². The molecular weight excluding hydrogens is 523 g/mol. The van der Waals surface area contributed by atoms with Crippen LogP contribution >= 0.6 is 27.3 Å². The number of carbonyl (C=O) groups is 3. The van der Waals surface area contributed by atoms with Crippen molar-refractivity contribution < 1.29 is 47.2 Å². The Morgan fingerprint density at radius 2 is 1.94 bits per heavy atom. The molecule has 2 rings (SSSR count). The Hall–Kier alpha value is -3.06. The number of hydrogen-bond donors (Lipinski definition) is 3. The average Bonchev–Trinajstić information content (AvgIpc) is 3.04. The van der Waals surface area contributed by atoms with Gasteiger partial charge in [-0.15, -0.1) is 11.3 Å². The van der Waals surface area contributed by atoms with Gasteiger partial charge in [-0.25, -0.2) is 9.59 Å². The van der Waals surface area contributed by atoms with Gasteiger partial charge in [-0.3, -0.25) is 4.79 Å². The number of halogens is 4. The molecule has 172 valence electrons. The maximum Gasteiger partial charge on any atom is 0.405 e. The van der Waals surface area contributed by atoms with Gasteiger partial charge in [0.2, 0.25) is 5.91 Å². The number of alkyl halides is 3. The summed E-state index contributed by atoms with van der Waals surface area (Å²) in [7, 11) is 1.36. The number of carboxylic acids is 2. The molecule has 0 aliphatic heterocycles. The monoisotopic (exact) mass is 537 g/mol. The third kappa shape index (κ3) is 6.72. The lowest BCUT2D eigenvalue weighted by molar-refractivity contribution is -0.139. The number of benzene rings is 1. The summed E-state index contributed by atoms with van der Waals surface area (Å²) in [4.78, 5) is 34.1. The first-order chi connectivity index (χ1) is 14.9. The third-order valence-electron chi connectivity index (χ3n) is 3.71. The zero-order valence-electron chi connectivity index (χ0n) is 16.2. The van der Waals surface area contributed by atoms with Crippen LogP contribution in [0.3, 0.4) is 0 Å². The molecule has 0 aliphatic carbocycles. The number of aromatic carboxylic acids is 1. The molecule has 8 nitrogen and oxygen atoms in total. The van der Waals surface area contributed by atoms with Gasteiger partial charge in [0.05, 0.1) is 16.5 Å². The fraction of sp³-hybridized carbons (Fsp3) is 0.211. The van der Waals surface area contributed by atoms with Crippen molar-refractivity contribution in [1.82, 2.24) is 5.32 Å². The van der Waals surface area contributed by atoms with Gasteiger partial charge in [0, 0.05) is 11.6 Å². The highest BCUT2D eigenvalue weighted by molar-refractivity contribution is 9.10. The number of ether oxygens (including phenoxy) is 2. The molecule has 0 spiro atoms. The van der Waals surface area contributed by atoms with Crippen LogP contribution in [-0.4, -0.2) is 54.5 Å². The van der Waals surface area contributed by atoms with Crippen LogP contribution in [0.25, 0.3) is 16.5 Å². The van der Waals surface area contributed by atoms with Crippen molar-refractivity contribution in [3.05, 3.63) is 39.2 Å². The Balaban J connectivity index is 2.40. The number of nitrogens with one attached hydrogen (secondary N) is 1. The predicted octanol–water partition coefficient (Wildman–Crippen LogP) is 4.04. The number of thiophene rings is 1. The normalized spacial score (nSPS) is 11.4. The van der Waals surface area contributed by atoms with E-state index in [0.717, 1.165) is 17.4 Å². The Morgan fingerprint density at radius 1 is 1.25 bits per heavy atom. The standard InChI is InChI=1S/C19H15BrF3NO7S/c1-30-11-4-2-10(6-9(11)3-5-12(25)24-8-19(21,22)23)16-14(20)15(31-7-13(26)27)17(32-16)18(28)29/h2-6H,7-8H2,1H3,(H,24,25)(H,26,27)(H,28,29). The maximum atomic E-state index is 12.2. The lowest BCUT2D eigenvalue weighted by Crippen LogP contribution is -2.32. The maximum absolute atomic E-state index is 12.2. The molecule has 0 fully saturated rings. The van der Waals surface area contributed by atoms with Gasteiger partial charge in [0.15, 0.2) is 17.2 Å². The summed E-state index contributed by atoms with van der Waals surface area (Å²) in [5, 5.41) is 19.9. The summed E-state index contributed by atoms with van der Waals surface area (Å²) < 4.78 is 47.2. The highest BCUT2D eigenvalue weighted by atomic mass is 79.9. The molecule has 1 amide bonds. The molecule has 3 N–H and O–H groups in total. The third-order valence-corrected chi connectivity index (χ3v) is 5.94. The largest absolute Gasteiger partial charge is 0.496 e. The van der Waals surface area contributed by atoms with Crippen LogP contribution in [0.15, 0.2) is 28.7 Å². The highest BCUT2D eigenvalue weighted by Crippen LogP contribution is 2.46. The zero-order chi connectivity index (χ0) is 24.1. The van der Waals surface area contributed by atoms with E-state index in [0.29, 0.717) is 21.8 Å². The Morgan fingerprint density at radius 3 is 2.50 bits per heavy atom. The Kier molecular flexibility index (Phi) is 8.27. The van der Waals surface area contributed by atoms with Gasteiger partial charge in [0.25, 0.3) is 0 Å². The van der Waals surface area contributed by atoms with Crippen molar-refractivity contribution in [3.8, 4) is 21.9 Å². The molecule has 0 saturated carbocycles. The molecular formula is C19H15BrF3NO7S. The van der Waals surface area contributed by atoms with Gasteiger partial charge in [-0.1, -0.05) is 0 Å². The summed E-state index contributed by atoms with van der Waals surface area (Å²) in [6.07, 6.45) is -2.40. The van der Waals surface area contributed by atoms with E-state index in [1.165, 1.54) is 25.3 Å². The molecule has 0 atom stereocenters. The summed E-state index contributed by atoms with van der Waals surface area (Å²) in [5.41, 5.74) is 0.794. The molecule has 32 heavy (non-hydrogen) atoms. The second kappa shape index (κ2) is 10.5. The van der Waals surface area contributed by atoms with E-state index in [4.69, 9.17) is 14.6 Å². The van der Waals surface area contributed by atoms with Crippen molar-refractivity contribution in [2.24, 2.45) is 0 Å². The molecule has 0 bridgehead atoms. The van der Waals surface area contributed by atoms with Crippen LogP contribution in [0.4, 0.5) is 13.2 Å². The van der Waals surface area contributed by atoms with Crippen molar-refractivity contribution in [3.63, 3.8) is 0 Å². The zero-order valence-corrected chi connectivity index (χ0v) is 18.6. The van der Waals surface area contributed by atoms with Crippen molar-refractivity contribution in [2.75, 3.05) is 20.3 Å². The Bertz CT molecular complexity index is 1070. The highest BCUT2D eigenvalue weighted by Gasteiger charge is 2.27. The smallest absolute Gasteiger partial charge is 0.405 e. The molecule has 1 heterocycles. The van der Waals surface area contributed by atoms with Crippen molar-refractivity contribution in [2.45, 2.75) is 6.18 Å². The minimum absolute atomic E-state index is 0.153. The first-order valence-corrected chi connectivity index (χ1v) is 10.1. The first kappa shape index (κ1) is 25.2. The van der Waals surface area contributed by atoms with Crippen molar-refractivity contribution in [1.29, 1.82) is 0 Å². The quantitative estimate of drug-likeness (QED) is 0.412. The first-order valence-electron chi connectivity index (χ1n) is 8.54. The molecule has 2 aromatic rings. The van der Waals surface area contributed by atoms with E-state index in [1.807, 2.05) is 0 Å². The summed E-state index contributed by atoms with van der Waals surface area (Å²) in [5.74, 6) is -3.43. The lowest BCUT2D eigenvalue weighted by atomic mass is 10.1. The van der Waals surface area contributed by atoms with Gasteiger partial charge < -0.3 is 25.0 Å². The summed E-state index contributed by atoms with van der Waals surface area (Å²) in [6.45, 7) is -2.23. The SMILES string of the molecule is COc1ccc(-c2sc(C(=O)O)c(OCC(=O)O)c2Br)cc1C=CC(=O)NCC(F)(F)F. The van der Waals surface area contributed by atoms with Crippen LogP contribution in [-0.2, 0) is 9.59 Å². The van der Waals surface area contributed by atoms with E-state index in [9.17, 15) is 32.7 Å². The number of hydrogen-bond acceptors (Lipinski definition) is 6. The molecule has 0 radical (unpaired) electrons. The second-order valence-electron chi connectivity index (χ2n) is 6.01. The molecule has 0 aliphatic rings. The molecule has 1 aromatic carbocycles. The molecule has 13 heteroatoms. The van der Waals surface area contributed by atoms with E-state index >= 15 is 0 Å². The Labute approximate surface area is 191 Å². The van der Waals surface area contributed by atoms with Gasteiger partial charge >= 0.3 is 18.1 Å². The van der Waals surface area contributed by atoms with Gasteiger partial charge in [0.1, 0.15) is 12.3 Å².